The Morgan fingerprint density at radius 3 is 2.00 bits per heavy atom. The lowest BCUT2D eigenvalue weighted by atomic mass is 9.44. The quantitative estimate of drug-likeness (QED) is 0.389. The van der Waals surface area contributed by atoms with Crippen LogP contribution >= 0.6 is 0 Å². The Labute approximate surface area is 189 Å². The second-order valence-electron chi connectivity index (χ2n) is 10.9. The van der Waals surface area contributed by atoms with Crippen LogP contribution in [0.25, 0.3) is 0 Å². The molecule has 0 aromatic heterocycles. The number of carbonyl (C=O) groups excluding carboxylic acids is 1. The van der Waals surface area contributed by atoms with Gasteiger partial charge in [0, 0.05) is 5.92 Å². The fourth-order valence-corrected chi connectivity index (χ4v) is 8.55. The minimum atomic E-state index is -4.02. The highest BCUT2D eigenvalue weighted by Gasteiger charge is 2.61. The van der Waals surface area contributed by atoms with Gasteiger partial charge in [-0.15, -0.1) is 0 Å². The van der Waals surface area contributed by atoms with Crippen LogP contribution in [0.4, 0.5) is 13.2 Å². The lowest BCUT2D eigenvalue weighted by Gasteiger charge is -2.61. The van der Waals surface area contributed by atoms with Gasteiger partial charge >= 0.3 is 6.18 Å². The summed E-state index contributed by atoms with van der Waals surface area (Å²) < 4.78 is 39.9. The molecule has 0 spiro atoms. The summed E-state index contributed by atoms with van der Waals surface area (Å²) in [4.78, 5) is 11.5. The molecule has 4 saturated carbocycles. The van der Waals surface area contributed by atoms with Gasteiger partial charge in [-0.1, -0.05) is 48.5 Å². The van der Waals surface area contributed by atoms with Crippen molar-refractivity contribution in [2.24, 2.45) is 52.3 Å². The third-order valence-corrected chi connectivity index (χ3v) is 10.1. The van der Waals surface area contributed by atoms with Crippen molar-refractivity contribution in [2.45, 2.75) is 112 Å². The van der Waals surface area contributed by atoms with E-state index in [4.69, 9.17) is 0 Å². The predicted octanol–water partition coefficient (Wildman–Crippen LogP) is 8.71. The number of hydrogen-bond donors (Lipinski definition) is 0. The molecule has 31 heavy (non-hydrogen) atoms. The van der Waals surface area contributed by atoms with Crippen LogP contribution in [0.1, 0.15) is 106 Å². The molecule has 182 valence electrons. The van der Waals surface area contributed by atoms with Gasteiger partial charge in [-0.3, -0.25) is 0 Å². The van der Waals surface area contributed by atoms with E-state index in [-0.39, 0.29) is 22.7 Å². The largest absolute Gasteiger partial charge is 0.391 e. The normalized spacial score (nSPS) is 44.8. The van der Waals surface area contributed by atoms with Crippen molar-refractivity contribution in [3.8, 4) is 0 Å². The summed E-state index contributed by atoms with van der Waals surface area (Å²) in [6, 6.07) is 0. The molecule has 0 radical (unpaired) electrons. The van der Waals surface area contributed by atoms with Gasteiger partial charge in [0.25, 0.3) is 0 Å². The highest BCUT2D eigenvalue weighted by Crippen LogP contribution is 2.68. The number of alkyl halides is 3. The molecule has 0 aromatic carbocycles. The Bertz CT molecular complexity index is 588. The van der Waals surface area contributed by atoms with Gasteiger partial charge in [0.1, 0.15) is 6.29 Å². The van der Waals surface area contributed by atoms with E-state index < -0.39 is 12.1 Å². The van der Waals surface area contributed by atoms with Gasteiger partial charge < -0.3 is 4.79 Å². The van der Waals surface area contributed by atoms with Crippen molar-refractivity contribution in [3.63, 3.8) is 0 Å². The molecule has 0 aliphatic heterocycles. The third-order valence-electron chi connectivity index (χ3n) is 10.1. The van der Waals surface area contributed by atoms with Gasteiger partial charge in [-0.05, 0) is 98.2 Å². The van der Waals surface area contributed by atoms with E-state index in [1.54, 1.807) is 0 Å². The molecule has 0 heterocycles. The maximum atomic E-state index is 13.3. The summed E-state index contributed by atoms with van der Waals surface area (Å²) in [6.07, 6.45) is 5.32. The molecule has 0 aromatic rings. The standard InChI is InChI=1S/C23H35F3O.2C2H6/c1-14(13-27)18-6-7-19-17-5-4-15-12-16(23(24,25)26)8-10-21(15,2)20(17)9-11-22(18,19)3;2*1-2/h13-20H,4-12H2,1-3H3;2*1-2H3. The van der Waals surface area contributed by atoms with Gasteiger partial charge in [0.05, 0.1) is 5.92 Å². The first-order valence-corrected chi connectivity index (χ1v) is 13.1. The van der Waals surface area contributed by atoms with Gasteiger partial charge in [-0.2, -0.15) is 13.2 Å². The van der Waals surface area contributed by atoms with Crippen LogP contribution < -0.4 is 0 Å². The summed E-state index contributed by atoms with van der Waals surface area (Å²) >= 11 is 0. The molecule has 0 N–H and O–H groups in total. The zero-order valence-electron chi connectivity index (χ0n) is 21.0. The molecule has 4 aliphatic carbocycles. The van der Waals surface area contributed by atoms with E-state index in [1.807, 2.05) is 27.7 Å². The molecule has 4 aliphatic rings. The molecule has 4 fully saturated rings. The van der Waals surface area contributed by atoms with Crippen molar-refractivity contribution in [3.05, 3.63) is 0 Å². The lowest BCUT2D eigenvalue weighted by Crippen LogP contribution is -2.54. The second-order valence-corrected chi connectivity index (χ2v) is 10.9. The Morgan fingerprint density at radius 1 is 0.839 bits per heavy atom. The van der Waals surface area contributed by atoms with Crippen molar-refractivity contribution < 1.29 is 18.0 Å². The van der Waals surface area contributed by atoms with Crippen LogP contribution in [0.2, 0.25) is 0 Å². The number of fused-ring (bicyclic) bond motifs is 5. The number of rotatable bonds is 2. The van der Waals surface area contributed by atoms with Gasteiger partial charge in [0.15, 0.2) is 0 Å². The molecule has 4 heteroatoms. The van der Waals surface area contributed by atoms with E-state index in [0.717, 1.165) is 44.8 Å². The molecule has 0 saturated heterocycles. The van der Waals surface area contributed by atoms with Crippen molar-refractivity contribution >= 4 is 6.29 Å². The van der Waals surface area contributed by atoms with Crippen molar-refractivity contribution in [1.82, 2.24) is 0 Å². The topological polar surface area (TPSA) is 17.1 Å². The number of hydrogen-bond acceptors (Lipinski definition) is 1. The zero-order valence-corrected chi connectivity index (χ0v) is 21.0. The smallest absolute Gasteiger partial charge is 0.303 e. The minimum absolute atomic E-state index is 0.0976. The van der Waals surface area contributed by atoms with Crippen LogP contribution in [0.5, 0.6) is 0 Å². The average molecular weight is 445 g/mol. The maximum absolute atomic E-state index is 13.3. The van der Waals surface area contributed by atoms with Crippen LogP contribution in [-0.4, -0.2) is 12.5 Å². The molecular formula is C27H47F3O. The first-order valence-electron chi connectivity index (χ1n) is 13.1. The average Bonchev–Trinajstić information content (AvgIpc) is 3.12. The highest BCUT2D eigenvalue weighted by molar-refractivity contribution is 5.53. The summed E-state index contributed by atoms with van der Waals surface area (Å²) in [5, 5.41) is 0. The molecule has 1 nitrogen and oxygen atoms in total. The van der Waals surface area contributed by atoms with Crippen LogP contribution in [-0.2, 0) is 4.79 Å². The van der Waals surface area contributed by atoms with Crippen LogP contribution in [0.15, 0.2) is 0 Å². The van der Waals surface area contributed by atoms with E-state index in [2.05, 4.69) is 20.8 Å². The Morgan fingerprint density at radius 2 is 1.42 bits per heavy atom. The Balaban J connectivity index is 0.000000807. The van der Waals surface area contributed by atoms with Crippen molar-refractivity contribution in [2.75, 3.05) is 0 Å². The molecule has 0 bridgehead atoms. The fourth-order valence-electron chi connectivity index (χ4n) is 8.55. The summed E-state index contributed by atoms with van der Waals surface area (Å²) in [7, 11) is 0. The third kappa shape index (κ3) is 4.60. The highest BCUT2D eigenvalue weighted by atomic mass is 19.4. The maximum Gasteiger partial charge on any atom is 0.391 e. The Kier molecular flexibility index (Phi) is 8.75. The van der Waals surface area contributed by atoms with Gasteiger partial charge in [0.2, 0.25) is 0 Å². The minimum Gasteiger partial charge on any atom is -0.303 e. The summed E-state index contributed by atoms with van der Waals surface area (Å²) in [5.74, 6) is 1.71. The van der Waals surface area contributed by atoms with E-state index in [1.165, 1.54) is 6.42 Å². The Hall–Kier alpha value is -0.540. The molecule has 9 unspecified atom stereocenters. The number of aldehydes is 1. The molecule has 4 rings (SSSR count). The second kappa shape index (κ2) is 10.2. The molecule has 9 atom stereocenters. The van der Waals surface area contributed by atoms with E-state index in [9.17, 15) is 18.0 Å². The summed E-state index contributed by atoms with van der Waals surface area (Å²) in [5.41, 5.74) is 0.355. The summed E-state index contributed by atoms with van der Waals surface area (Å²) in [6.45, 7) is 14.8. The van der Waals surface area contributed by atoms with Crippen LogP contribution in [0.3, 0.4) is 0 Å². The van der Waals surface area contributed by atoms with Crippen molar-refractivity contribution in [1.29, 1.82) is 0 Å². The molecule has 0 amide bonds. The molecular weight excluding hydrogens is 397 g/mol. The first-order chi connectivity index (χ1) is 14.6. The number of carbonyl (C=O) groups is 1. The van der Waals surface area contributed by atoms with Gasteiger partial charge in [-0.25, -0.2) is 0 Å². The monoisotopic (exact) mass is 444 g/mol. The zero-order chi connectivity index (χ0) is 23.6. The lowest BCUT2D eigenvalue weighted by molar-refractivity contribution is -0.208. The van der Waals surface area contributed by atoms with Crippen LogP contribution in [0, 0.1) is 52.3 Å². The van der Waals surface area contributed by atoms with E-state index >= 15 is 0 Å². The first kappa shape index (κ1) is 26.7. The predicted molar refractivity (Wildman–Crippen MR) is 123 cm³/mol. The number of halogens is 3. The van der Waals surface area contributed by atoms with E-state index in [0.29, 0.717) is 36.5 Å². The SMILES string of the molecule is CC.CC.CC(C=O)C1CCC2C3CCC4CC(C(F)(F)F)CCC4(C)C3CCC12C. The fraction of sp³-hybridized carbons (Fsp3) is 0.963.